The monoisotopic (exact) mass is 158 g/mol. The SMILES string of the molecule is CC(C)CCCCOC(C)C. The Labute approximate surface area is 71.1 Å². The van der Waals surface area contributed by atoms with Gasteiger partial charge in [0.2, 0.25) is 0 Å². The van der Waals surface area contributed by atoms with E-state index in [1.165, 1.54) is 19.3 Å². The molecular formula is C10H22O. The highest BCUT2D eigenvalue weighted by atomic mass is 16.5. The summed E-state index contributed by atoms with van der Waals surface area (Å²) < 4.78 is 5.42. The van der Waals surface area contributed by atoms with E-state index >= 15 is 0 Å². The fraction of sp³-hybridized carbons (Fsp3) is 1.00. The zero-order valence-electron chi connectivity index (χ0n) is 8.39. The van der Waals surface area contributed by atoms with Crippen molar-refractivity contribution in [3.8, 4) is 0 Å². The van der Waals surface area contributed by atoms with Crippen LogP contribution in [0.3, 0.4) is 0 Å². The van der Waals surface area contributed by atoms with Crippen LogP contribution in [0.25, 0.3) is 0 Å². The van der Waals surface area contributed by atoms with Crippen LogP contribution in [0, 0.1) is 5.92 Å². The van der Waals surface area contributed by atoms with Crippen LogP contribution in [-0.2, 0) is 4.74 Å². The molecule has 0 rings (SSSR count). The Morgan fingerprint density at radius 2 is 1.64 bits per heavy atom. The molecule has 0 unspecified atom stereocenters. The van der Waals surface area contributed by atoms with Gasteiger partial charge >= 0.3 is 0 Å². The average molecular weight is 158 g/mol. The number of unbranched alkanes of at least 4 members (excludes halogenated alkanes) is 1. The summed E-state index contributed by atoms with van der Waals surface area (Å²) in [6, 6.07) is 0. The van der Waals surface area contributed by atoms with Crippen LogP contribution in [0.5, 0.6) is 0 Å². The third-order valence-corrected chi connectivity index (χ3v) is 1.63. The van der Waals surface area contributed by atoms with Gasteiger partial charge in [0, 0.05) is 6.61 Å². The van der Waals surface area contributed by atoms with Crippen molar-refractivity contribution in [3.63, 3.8) is 0 Å². The average Bonchev–Trinajstić information content (AvgIpc) is 1.85. The van der Waals surface area contributed by atoms with E-state index in [0.29, 0.717) is 6.10 Å². The second-order valence-corrected chi connectivity index (χ2v) is 3.81. The molecule has 11 heavy (non-hydrogen) atoms. The minimum Gasteiger partial charge on any atom is -0.379 e. The van der Waals surface area contributed by atoms with E-state index in [-0.39, 0.29) is 0 Å². The number of ether oxygens (including phenoxy) is 1. The summed E-state index contributed by atoms with van der Waals surface area (Å²) in [6.07, 6.45) is 4.26. The molecule has 0 saturated carbocycles. The minimum atomic E-state index is 0.397. The highest BCUT2D eigenvalue weighted by Gasteiger charge is 1.95. The van der Waals surface area contributed by atoms with E-state index in [1.807, 2.05) is 0 Å². The summed E-state index contributed by atoms with van der Waals surface area (Å²) in [7, 11) is 0. The molecule has 0 N–H and O–H groups in total. The molecule has 0 aromatic rings. The molecule has 0 aromatic heterocycles. The van der Waals surface area contributed by atoms with Crippen molar-refractivity contribution in [2.75, 3.05) is 6.61 Å². The van der Waals surface area contributed by atoms with Gasteiger partial charge in [-0.25, -0.2) is 0 Å². The molecule has 0 radical (unpaired) electrons. The van der Waals surface area contributed by atoms with Crippen LogP contribution in [0.2, 0.25) is 0 Å². The summed E-state index contributed by atoms with van der Waals surface area (Å²) in [5.74, 6) is 0.842. The van der Waals surface area contributed by atoms with E-state index in [4.69, 9.17) is 4.74 Å². The normalized spacial score (nSPS) is 11.5. The van der Waals surface area contributed by atoms with Crippen molar-refractivity contribution >= 4 is 0 Å². The maximum absolute atomic E-state index is 5.42. The maximum atomic E-state index is 5.42. The predicted octanol–water partition coefficient (Wildman–Crippen LogP) is 3.24. The molecule has 0 aliphatic carbocycles. The van der Waals surface area contributed by atoms with E-state index < -0.39 is 0 Å². The lowest BCUT2D eigenvalue weighted by molar-refractivity contribution is 0.0753. The predicted molar refractivity (Wildman–Crippen MR) is 49.8 cm³/mol. The third kappa shape index (κ3) is 9.96. The lowest BCUT2D eigenvalue weighted by Gasteiger charge is -2.07. The Morgan fingerprint density at radius 1 is 1.00 bits per heavy atom. The van der Waals surface area contributed by atoms with Gasteiger partial charge in [0.25, 0.3) is 0 Å². The topological polar surface area (TPSA) is 9.23 Å². The molecule has 0 bridgehead atoms. The molecule has 0 aliphatic rings. The summed E-state index contributed by atoms with van der Waals surface area (Å²) in [5, 5.41) is 0. The first-order valence-corrected chi connectivity index (χ1v) is 4.74. The molecule has 1 nitrogen and oxygen atoms in total. The van der Waals surface area contributed by atoms with Gasteiger partial charge in [-0.05, 0) is 26.2 Å². The van der Waals surface area contributed by atoms with E-state index in [1.54, 1.807) is 0 Å². The Kier molecular flexibility index (Phi) is 6.63. The molecule has 0 amide bonds. The summed E-state index contributed by atoms with van der Waals surface area (Å²) in [6.45, 7) is 9.64. The fourth-order valence-corrected chi connectivity index (χ4v) is 0.974. The molecule has 68 valence electrons. The Balaban J connectivity index is 2.91. The minimum absolute atomic E-state index is 0.397. The molecule has 0 saturated heterocycles. The van der Waals surface area contributed by atoms with Crippen molar-refractivity contribution in [3.05, 3.63) is 0 Å². The summed E-state index contributed by atoms with van der Waals surface area (Å²) in [4.78, 5) is 0. The molecule has 1 heteroatoms. The third-order valence-electron chi connectivity index (χ3n) is 1.63. The van der Waals surface area contributed by atoms with Gasteiger partial charge in [-0.15, -0.1) is 0 Å². The van der Waals surface area contributed by atoms with Crippen LogP contribution in [-0.4, -0.2) is 12.7 Å². The van der Waals surface area contributed by atoms with Crippen LogP contribution in [0.15, 0.2) is 0 Å². The summed E-state index contributed by atoms with van der Waals surface area (Å²) >= 11 is 0. The van der Waals surface area contributed by atoms with E-state index in [2.05, 4.69) is 27.7 Å². The molecular weight excluding hydrogens is 136 g/mol. The standard InChI is InChI=1S/C10H22O/c1-9(2)7-5-6-8-11-10(3)4/h9-10H,5-8H2,1-4H3. The first kappa shape index (κ1) is 11.0. The Bertz CT molecular complexity index is 66.9. The van der Waals surface area contributed by atoms with Crippen molar-refractivity contribution in [1.82, 2.24) is 0 Å². The van der Waals surface area contributed by atoms with Crippen molar-refractivity contribution in [1.29, 1.82) is 0 Å². The highest BCUT2D eigenvalue weighted by molar-refractivity contribution is 4.46. The first-order chi connectivity index (χ1) is 5.13. The van der Waals surface area contributed by atoms with Gasteiger partial charge in [0.05, 0.1) is 6.10 Å². The Morgan fingerprint density at radius 3 is 2.09 bits per heavy atom. The van der Waals surface area contributed by atoms with Crippen LogP contribution >= 0.6 is 0 Å². The Hall–Kier alpha value is -0.0400. The van der Waals surface area contributed by atoms with E-state index in [0.717, 1.165) is 12.5 Å². The zero-order valence-corrected chi connectivity index (χ0v) is 8.39. The molecule has 0 fully saturated rings. The second kappa shape index (κ2) is 6.66. The molecule has 0 heterocycles. The maximum Gasteiger partial charge on any atom is 0.0518 e. The van der Waals surface area contributed by atoms with Gasteiger partial charge in [-0.2, -0.15) is 0 Å². The van der Waals surface area contributed by atoms with Crippen LogP contribution < -0.4 is 0 Å². The van der Waals surface area contributed by atoms with Gasteiger partial charge in [-0.1, -0.05) is 26.7 Å². The van der Waals surface area contributed by atoms with Crippen molar-refractivity contribution in [2.24, 2.45) is 5.92 Å². The van der Waals surface area contributed by atoms with Gasteiger partial charge in [0.1, 0.15) is 0 Å². The molecule has 0 spiro atoms. The molecule has 0 aromatic carbocycles. The number of rotatable bonds is 6. The fourth-order valence-electron chi connectivity index (χ4n) is 0.974. The molecule has 0 atom stereocenters. The molecule has 0 aliphatic heterocycles. The zero-order chi connectivity index (χ0) is 8.69. The van der Waals surface area contributed by atoms with Gasteiger partial charge in [-0.3, -0.25) is 0 Å². The van der Waals surface area contributed by atoms with Gasteiger partial charge in [0.15, 0.2) is 0 Å². The first-order valence-electron chi connectivity index (χ1n) is 4.74. The smallest absolute Gasteiger partial charge is 0.0518 e. The second-order valence-electron chi connectivity index (χ2n) is 3.81. The van der Waals surface area contributed by atoms with E-state index in [9.17, 15) is 0 Å². The number of hydrogen-bond acceptors (Lipinski definition) is 1. The van der Waals surface area contributed by atoms with Crippen LogP contribution in [0.1, 0.15) is 47.0 Å². The lowest BCUT2D eigenvalue weighted by Crippen LogP contribution is -2.03. The van der Waals surface area contributed by atoms with Crippen molar-refractivity contribution < 1.29 is 4.74 Å². The quantitative estimate of drug-likeness (QED) is 0.539. The van der Waals surface area contributed by atoms with Crippen molar-refractivity contribution in [2.45, 2.75) is 53.1 Å². The highest BCUT2D eigenvalue weighted by Crippen LogP contribution is 2.06. The summed E-state index contributed by atoms with van der Waals surface area (Å²) in [5.41, 5.74) is 0. The van der Waals surface area contributed by atoms with Crippen LogP contribution in [0.4, 0.5) is 0 Å². The number of hydrogen-bond donors (Lipinski definition) is 0. The largest absolute Gasteiger partial charge is 0.379 e. The van der Waals surface area contributed by atoms with Gasteiger partial charge < -0.3 is 4.74 Å². The lowest BCUT2D eigenvalue weighted by atomic mass is 10.1.